The van der Waals surface area contributed by atoms with Gasteiger partial charge in [0.25, 0.3) is 0 Å². The lowest BCUT2D eigenvalue weighted by Crippen LogP contribution is -2.16. The lowest BCUT2D eigenvalue weighted by Gasteiger charge is -2.14. The molecular weight excluding hydrogens is 337 g/mol. The van der Waals surface area contributed by atoms with E-state index in [-0.39, 0.29) is 17.7 Å². The highest BCUT2D eigenvalue weighted by Gasteiger charge is 2.34. The molecule has 0 heterocycles. The fourth-order valence-electron chi connectivity index (χ4n) is 1.55. The topological polar surface area (TPSA) is 52.9 Å². The minimum absolute atomic E-state index is 0.102. The largest absolute Gasteiger partial charge is 0.418 e. The summed E-state index contributed by atoms with van der Waals surface area (Å²) in [4.78, 5) is 11.6. The molecule has 20 heavy (non-hydrogen) atoms. The number of alkyl halides is 4. The molecule has 0 aliphatic rings. The standard InChI is InChI=1S/C13H12BrF3N2O/c14-6-2-1-3-12(20)19-11-5-4-9(8-18)7-10(11)13(15,16)17/h4-5,7H,1-3,6H2,(H,19,20). The summed E-state index contributed by atoms with van der Waals surface area (Å²) in [6.45, 7) is 0. The molecule has 3 nitrogen and oxygen atoms in total. The van der Waals surface area contributed by atoms with E-state index < -0.39 is 17.6 Å². The minimum Gasteiger partial charge on any atom is -0.326 e. The summed E-state index contributed by atoms with van der Waals surface area (Å²) in [6, 6.07) is 4.71. The number of nitrogens with one attached hydrogen (secondary N) is 1. The average molecular weight is 349 g/mol. The number of amides is 1. The van der Waals surface area contributed by atoms with Crippen molar-refractivity contribution in [1.82, 2.24) is 0 Å². The number of nitrogens with zero attached hydrogens (tertiary/aromatic N) is 1. The zero-order valence-electron chi connectivity index (χ0n) is 10.4. The number of unbranched alkanes of at least 4 members (excludes halogenated alkanes) is 1. The smallest absolute Gasteiger partial charge is 0.326 e. The van der Waals surface area contributed by atoms with Crippen molar-refractivity contribution >= 4 is 27.5 Å². The molecule has 0 unspecified atom stereocenters. The van der Waals surface area contributed by atoms with Gasteiger partial charge in [-0.1, -0.05) is 15.9 Å². The first-order valence-corrected chi connectivity index (χ1v) is 6.97. The second kappa shape index (κ2) is 7.29. The van der Waals surface area contributed by atoms with Crippen molar-refractivity contribution in [2.75, 3.05) is 10.6 Å². The lowest BCUT2D eigenvalue weighted by molar-refractivity contribution is -0.137. The van der Waals surface area contributed by atoms with Crippen LogP contribution < -0.4 is 5.32 Å². The van der Waals surface area contributed by atoms with Gasteiger partial charge in [-0.3, -0.25) is 4.79 Å². The third kappa shape index (κ3) is 4.85. The summed E-state index contributed by atoms with van der Waals surface area (Å²) in [5.41, 5.74) is -1.43. The van der Waals surface area contributed by atoms with E-state index in [2.05, 4.69) is 21.2 Å². The first kappa shape index (κ1) is 16.5. The number of halogens is 4. The van der Waals surface area contributed by atoms with Gasteiger partial charge in [0.05, 0.1) is 22.9 Å². The van der Waals surface area contributed by atoms with Crippen molar-refractivity contribution in [2.24, 2.45) is 0 Å². The summed E-state index contributed by atoms with van der Waals surface area (Å²) in [7, 11) is 0. The lowest BCUT2D eigenvalue weighted by atomic mass is 10.1. The van der Waals surface area contributed by atoms with Crippen LogP contribution in [0.15, 0.2) is 18.2 Å². The van der Waals surface area contributed by atoms with Crippen LogP contribution in [-0.2, 0) is 11.0 Å². The van der Waals surface area contributed by atoms with Gasteiger partial charge in [0.2, 0.25) is 5.91 Å². The highest BCUT2D eigenvalue weighted by Crippen LogP contribution is 2.35. The van der Waals surface area contributed by atoms with Crippen LogP contribution in [0.4, 0.5) is 18.9 Å². The molecule has 1 aromatic carbocycles. The zero-order valence-corrected chi connectivity index (χ0v) is 12.0. The fraction of sp³-hybridized carbons (Fsp3) is 0.385. The van der Waals surface area contributed by atoms with E-state index in [9.17, 15) is 18.0 Å². The molecule has 1 N–H and O–H groups in total. The Morgan fingerprint density at radius 2 is 2.05 bits per heavy atom. The maximum absolute atomic E-state index is 12.9. The van der Waals surface area contributed by atoms with Crippen LogP contribution in [0.5, 0.6) is 0 Å². The maximum Gasteiger partial charge on any atom is 0.418 e. The third-order valence-electron chi connectivity index (χ3n) is 2.52. The number of carbonyl (C=O) groups is 1. The number of hydrogen-bond acceptors (Lipinski definition) is 2. The Morgan fingerprint density at radius 3 is 2.60 bits per heavy atom. The maximum atomic E-state index is 12.9. The molecule has 0 fully saturated rings. The van der Waals surface area contributed by atoms with Gasteiger partial charge in [-0.15, -0.1) is 0 Å². The fourth-order valence-corrected chi connectivity index (χ4v) is 1.95. The summed E-state index contributed by atoms with van der Waals surface area (Å²) in [5.74, 6) is -0.471. The highest BCUT2D eigenvalue weighted by molar-refractivity contribution is 9.09. The van der Waals surface area contributed by atoms with E-state index in [1.165, 1.54) is 6.07 Å². The first-order chi connectivity index (χ1) is 9.38. The monoisotopic (exact) mass is 348 g/mol. The molecule has 0 bridgehead atoms. The predicted octanol–water partition coefficient (Wildman–Crippen LogP) is 4.08. The van der Waals surface area contributed by atoms with E-state index in [0.717, 1.165) is 23.9 Å². The van der Waals surface area contributed by atoms with Gasteiger partial charge >= 0.3 is 6.18 Å². The van der Waals surface area contributed by atoms with Gasteiger partial charge in [0, 0.05) is 11.8 Å². The van der Waals surface area contributed by atoms with E-state index in [4.69, 9.17) is 5.26 Å². The minimum atomic E-state index is -4.62. The Morgan fingerprint density at radius 1 is 1.35 bits per heavy atom. The molecule has 1 amide bonds. The molecule has 0 aliphatic heterocycles. The molecule has 0 radical (unpaired) electrons. The molecule has 0 spiro atoms. The average Bonchev–Trinajstić information content (AvgIpc) is 2.38. The molecule has 0 aliphatic carbocycles. The Hall–Kier alpha value is -1.55. The number of rotatable bonds is 5. The second-order valence-electron chi connectivity index (χ2n) is 4.06. The Labute approximate surface area is 122 Å². The van der Waals surface area contributed by atoms with Crippen LogP contribution in [0.25, 0.3) is 0 Å². The first-order valence-electron chi connectivity index (χ1n) is 5.85. The number of carbonyl (C=O) groups excluding carboxylic acids is 1. The van der Waals surface area contributed by atoms with Crippen molar-refractivity contribution in [3.8, 4) is 6.07 Å². The van der Waals surface area contributed by atoms with Gasteiger partial charge in [-0.25, -0.2) is 0 Å². The Kier molecular flexibility index (Phi) is 6.02. The van der Waals surface area contributed by atoms with Crippen LogP contribution in [-0.4, -0.2) is 11.2 Å². The third-order valence-corrected chi connectivity index (χ3v) is 3.08. The van der Waals surface area contributed by atoms with Crippen molar-refractivity contribution in [2.45, 2.75) is 25.4 Å². The van der Waals surface area contributed by atoms with Crippen LogP contribution in [0.1, 0.15) is 30.4 Å². The Bertz CT molecular complexity index is 523. The molecule has 0 aromatic heterocycles. The van der Waals surface area contributed by atoms with Gasteiger partial charge in [-0.2, -0.15) is 18.4 Å². The number of nitriles is 1. The molecule has 0 saturated carbocycles. The summed E-state index contributed by atoms with van der Waals surface area (Å²) >= 11 is 3.21. The van der Waals surface area contributed by atoms with Crippen molar-refractivity contribution in [3.63, 3.8) is 0 Å². The van der Waals surface area contributed by atoms with Crippen LogP contribution >= 0.6 is 15.9 Å². The van der Waals surface area contributed by atoms with Gasteiger partial charge in [-0.05, 0) is 31.0 Å². The van der Waals surface area contributed by atoms with E-state index in [1.807, 2.05) is 0 Å². The van der Waals surface area contributed by atoms with Crippen molar-refractivity contribution in [3.05, 3.63) is 29.3 Å². The molecule has 7 heteroatoms. The molecule has 0 saturated heterocycles. The van der Waals surface area contributed by atoms with Crippen LogP contribution in [0.2, 0.25) is 0 Å². The molecule has 1 aromatic rings. The van der Waals surface area contributed by atoms with Gasteiger partial charge in [0.15, 0.2) is 0 Å². The summed E-state index contributed by atoms with van der Waals surface area (Å²) in [5, 5.41) is 11.6. The van der Waals surface area contributed by atoms with Crippen molar-refractivity contribution in [1.29, 1.82) is 5.26 Å². The van der Waals surface area contributed by atoms with E-state index >= 15 is 0 Å². The number of anilines is 1. The SMILES string of the molecule is N#Cc1ccc(NC(=O)CCCCBr)c(C(F)(F)F)c1. The number of hydrogen-bond donors (Lipinski definition) is 1. The predicted molar refractivity (Wildman–Crippen MR) is 72.4 cm³/mol. The second-order valence-corrected chi connectivity index (χ2v) is 4.86. The van der Waals surface area contributed by atoms with Gasteiger partial charge < -0.3 is 5.32 Å². The quantitative estimate of drug-likeness (QED) is 0.643. The zero-order chi connectivity index (χ0) is 15.2. The van der Waals surface area contributed by atoms with Crippen molar-refractivity contribution < 1.29 is 18.0 Å². The van der Waals surface area contributed by atoms with Gasteiger partial charge in [0.1, 0.15) is 0 Å². The van der Waals surface area contributed by atoms with E-state index in [1.54, 1.807) is 6.07 Å². The van der Waals surface area contributed by atoms with E-state index in [0.29, 0.717) is 6.42 Å². The van der Waals surface area contributed by atoms with Crippen LogP contribution in [0.3, 0.4) is 0 Å². The highest BCUT2D eigenvalue weighted by atomic mass is 79.9. The summed E-state index contributed by atoms with van der Waals surface area (Å²) in [6.07, 6.45) is -3.10. The normalized spacial score (nSPS) is 10.9. The molecule has 108 valence electrons. The molecular formula is C13H12BrF3N2O. The Balaban J connectivity index is 2.89. The van der Waals surface area contributed by atoms with Crippen LogP contribution in [0, 0.1) is 11.3 Å². The molecule has 1 rings (SSSR count). The molecule has 0 atom stereocenters. The number of benzene rings is 1. The summed E-state index contributed by atoms with van der Waals surface area (Å²) < 4.78 is 38.6.